The van der Waals surface area contributed by atoms with Crippen molar-refractivity contribution in [3.63, 3.8) is 0 Å². The zero-order chi connectivity index (χ0) is 48.8. The van der Waals surface area contributed by atoms with Crippen LogP contribution in [0, 0.1) is 5.92 Å². The van der Waals surface area contributed by atoms with E-state index in [9.17, 15) is 47.9 Å². The van der Waals surface area contributed by atoms with Crippen molar-refractivity contribution in [1.29, 1.82) is 0 Å². The Bertz CT molecular complexity index is 1980. The van der Waals surface area contributed by atoms with Crippen molar-refractivity contribution in [3.05, 3.63) is 54.1 Å². The molecule has 10 amide bonds. The van der Waals surface area contributed by atoms with E-state index in [0.29, 0.717) is 43.5 Å². The summed E-state index contributed by atoms with van der Waals surface area (Å²) in [7, 11) is 0. The first-order valence-electron chi connectivity index (χ1n) is 21.8. The minimum absolute atomic E-state index is 0.0202. The van der Waals surface area contributed by atoms with Crippen LogP contribution in [-0.4, -0.2) is 143 Å². The number of unbranched alkanes of at least 4 members (excludes halogenated alkanes) is 1. The minimum atomic E-state index is -1.64. The van der Waals surface area contributed by atoms with Crippen LogP contribution in [-0.2, 0) is 60.8 Å². The van der Waals surface area contributed by atoms with Crippen LogP contribution in [0.15, 0.2) is 42.9 Å². The van der Waals surface area contributed by atoms with E-state index < -0.39 is 115 Å². The quantitative estimate of drug-likeness (QED) is 0.0358. The largest absolute Gasteiger partial charge is 0.370 e. The second-order valence-corrected chi connectivity index (χ2v) is 16.3. The van der Waals surface area contributed by atoms with Gasteiger partial charge in [0.1, 0.15) is 36.3 Å². The molecule has 66 heavy (non-hydrogen) atoms. The van der Waals surface area contributed by atoms with Gasteiger partial charge in [-0.2, -0.15) is 0 Å². The van der Waals surface area contributed by atoms with Gasteiger partial charge in [-0.15, -0.1) is 0 Å². The third-order valence-corrected chi connectivity index (χ3v) is 10.4. The van der Waals surface area contributed by atoms with E-state index in [2.05, 4.69) is 47.2 Å². The molecule has 24 heteroatoms. The lowest BCUT2D eigenvalue weighted by Crippen LogP contribution is -2.59. The number of likely N-dealkylation sites (tertiary alicyclic amines) is 1. The molecular formula is C42H64N14O10. The average molecular weight is 925 g/mol. The van der Waals surface area contributed by atoms with Crippen molar-refractivity contribution in [2.24, 2.45) is 28.9 Å². The van der Waals surface area contributed by atoms with Gasteiger partial charge < -0.3 is 70.0 Å². The number of carbonyl (C=O) groups excluding carboxylic acids is 10. The summed E-state index contributed by atoms with van der Waals surface area (Å²) in [5.41, 5.74) is 23.0. The average Bonchev–Trinajstić information content (AvgIpc) is 3.99. The third kappa shape index (κ3) is 18.3. The molecular weight excluding hydrogens is 861 g/mol. The fraction of sp³-hybridized carbons (Fsp3) is 0.548. The Kier molecular flexibility index (Phi) is 22.2. The number of nitrogens with zero attached hydrogens (tertiary/aromatic N) is 2. The highest BCUT2D eigenvalue weighted by Crippen LogP contribution is 2.18. The highest BCUT2D eigenvalue weighted by atomic mass is 16.2. The zero-order valence-corrected chi connectivity index (χ0v) is 37.3. The van der Waals surface area contributed by atoms with E-state index in [0.717, 1.165) is 0 Å². The van der Waals surface area contributed by atoms with Crippen LogP contribution in [0.5, 0.6) is 0 Å². The molecule has 16 N–H and O–H groups in total. The Labute approximate surface area is 382 Å². The maximum atomic E-state index is 13.8. The molecule has 1 saturated heterocycles. The number of amides is 10. The Hall–Kier alpha value is -6.95. The molecule has 0 unspecified atom stereocenters. The van der Waals surface area contributed by atoms with Gasteiger partial charge in [-0.25, -0.2) is 4.98 Å². The lowest BCUT2D eigenvalue weighted by molar-refractivity contribution is -0.138. The van der Waals surface area contributed by atoms with Crippen LogP contribution in [0.4, 0.5) is 0 Å². The van der Waals surface area contributed by atoms with Crippen LogP contribution >= 0.6 is 0 Å². The molecule has 2 heterocycles. The van der Waals surface area contributed by atoms with E-state index in [1.807, 2.05) is 0 Å². The number of nitrogens with two attached hydrogens (primary N) is 4. The summed E-state index contributed by atoms with van der Waals surface area (Å²) in [6.45, 7) is 2.71. The molecule has 3 rings (SSSR count). The Morgan fingerprint density at radius 2 is 1.35 bits per heavy atom. The van der Waals surface area contributed by atoms with Crippen molar-refractivity contribution in [2.75, 3.05) is 32.7 Å². The molecule has 1 aromatic heterocycles. The highest BCUT2D eigenvalue weighted by Gasteiger charge is 2.36. The summed E-state index contributed by atoms with van der Waals surface area (Å²) in [4.78, 5) is 139. The Morgan fingerprint density at radius 1 is 0.727 bits per heavy atom. The third-order valence-electron chi connectivity index (χ3n) is 10.4. The van der Waals surface area contributed by atoms with Crippen molar-refractivity contribution >= 4 is 59.1 Å². The number of primary amides is 2. The van der Waals surface area contributed by atoms with E-state index in [-0.39, 0.29) is 44.7 Å². The van der Waals surface area contributed by atoms with Crippen molar-refractivity contribution < 1.29 is 47.9 Å². The van der Waals surface area contributed by atoms with Gasteiger partial charge in [-0.1, -0.05) is 44.2 Å². The van der Waals surface area contributed by atoms with Gasteiger partial charge in [0.15, 0.2) is 0 Å². The van der Waals surface area contributed by atoms with Gasteiger partial charge >= 0.3 is 0 Å². The number of hydrogen-bond donors (Lipinski definition) is 12. The number of imidazole rings is 1. The lowest BCUT2D eigenvalue weighted by Gasteiger charge is -2.27. The molecule has 1 fully saturated rings. The topological polar surface area (TPSA) is 391 Å². The van der Waals surface area contributed by atoms with E-state index in [1.165, 1.54) is 17.4 Å². The number of carbonyl (C=O) groups is 10. The maximum Gasteiger partial charge on any atom is 0.243 e. The first kappa shape index (κ1) is 53.4. The Morgan fingerprint density at radius 3 is 1.95 bits per heavy atom. The number of aromatic amines is 1. The monoisotopic (exact) mass is 924 g/mol. The fourth-order valence-corrected chi connectivity index (χ4v) is 7.13. The molecule has 1 aliphatic rings. The molecule has 1 aromatic carbocycles. The number of aromatic nitrogens is 2. The van der Waals surface area contributed by atoms with E-state index in [1.54, 1.807) is 44.2 Å². The summed E-state index contributed by atoms with van der Waals surface area (Å²) in [5.74, 6) is -7.94. The van der Waals surface area contributed by atoms with Crippen molar-refractivity contribution in [1.82, 2.24) is 52.1 Å². The lowest BCUT2D eigenvalue weighted by atomic mass is 10.0. The summed E-state index contributed by atoms with van der Waals surface area (Å²) in [6, 6.07) is 1.31. The normalized spacial score (nSPS) is 15.5. The van der Waals surface area contributed by atoms with Gasteiger partial charge in [0.25, 0.3) is 0 Å². The minimum Gasteiger partial charge on any atom is -0.370 e. The van der Waals surface area contributed by atoms with E-state index in [4.69, 9.17) is 22.9 Å². The molecule has 0 spiro atoms. The van der Waals surface area contributed by atoms with Gasteiger partial charge in [0.05, 0.1) is 32.4 Å². The van der Waals surface area contributed by atoms with Crippen molar-refractivity contribution in [2.45, 2.75) is 108 Å². The van der Waals surface area contributed by atoms with Crippen LogP contribution in [0.25, 0.3) is 0 Å². The van der Waals surface area contributed by atoms with Crippen LogP contribution in [0.2, 0.25) is 0 Å². The van der Waals surface area contributed by atoms with Gasteiger partial charge in [-0.05, 0) is 56.6 Å². The van der Waals surface area contributed by atoms with Crippen LogP contribution in [0.1, 0.15) is 70.1 Å². The number of nitrogens with one attached hydrogen (secondary N) is 8. The predicted octanol–water partition coefficient (Wildman–Crippen LogP) is -4.66. The predicted molar refractivity (Wildman–Crippen MR) is 237 cm³/mol. The molecule has 0 aliphatic carbocycles. The molecule has 6 atom stereocenters. The van der Waals surface area contributed by atoms with Crippen LogP contribution in [0.3, 0.4) is 0 Å². The molecule has 362 valence electrons. The van der Waals surface area contributed by atoms with Gasteiger partial charge in [0.2, 0.25) is 59.1 Å². The summed E-state index contributed by atoms with van der Waals surface area (Å²) < 4.78 is 0. The molecule has 0 saturated carbocycles. The SMILES string of the molecule is CC(C)C[C@H](NC(=O)CNC(=O)[C@H](Cc1ccccc1)NC(=O)[C@@H]1CCCN1C(=O)CN)C(=O)N[C@@H](CC(N)=O)C(=O)N[C@@H](CCCCN)C(=O)N[C@@H](Cc1cnc[nH]1)C(=O)NCC(N)=O. The van der Waals surface area contributed by atoms with E-state index >= 15 is 0 Å². The Balaban J connectivity index is 1.74. The summed E-state index contributed by atoms with van der Waals surface area (Å²) in [6.07, 6.45) is 3.84. The molecule has 1 aliphatic heterocycles. The molecule has 0 radical (unpaired) electrons. The van der Waals surface area contributed by atoms with Crippen LogP contribution < -0.4 is 60.2 Å². The number of hydrogen-bond acceptors (Lipinski definition) is 13. The first-order valence-corrected chi connectivity index (χ1v) is 21.8. The maximum absolute atomic E-state index is 13.8. The molecule has 24 nitrogen and oxygen atoms in total. The number of benzene rings is 1. The number of rotatable bonds is 28. The zero-order valence-electron chi connectivity index (χ0n) is 37.3. The smallest absolute Gasteiger partial charge is 0.243 e. The second-order valence-electron chi connectivity index (χ2n) is 16.3. The number of H-pyrrole nitrogens is 1. The second kappa shape index (κ2) is 27.4. The molecule has 0 bridgehead atoms. The van der Waals surface area contributed by atoms with Crippen molar-refractivity contribution in [3.8, 4) is 0 Å². The standard InChI is InChI=1S/C42H64N14O10/c1-24(2)15-28(51-35(59)22-49-37(61)29(16-25-9-4-3-5-10-25)55-42(66)32-12-8-14-56(32)36(60)19-44)40(64)54-31(18-33(45)57)41(65)52-27(11-6-7-13-43)39(63)53-30(17-26-20-47-23-50-26)38(62)48-21-34(46)58/h3-5,9-10,20,23-24,27-32H,6-8,11-19,21-22,43-44H2,1-2H3,(H2,45,57)(H2,46,58)(H,47,50)(H,48,62)(H,49,61)(H,51,59)(H,52,65)(H,53,63)(H,54,64)(H,55,66)/t27-,28-,29-,30-,31-,32-/m0/s1. The first-order chi connectivity index (χ1) is 31.4. The van der Waals surface area contributed by atoms with Gasteiger partial charge in [0, 0.05) is 31.3 Å². The summed E-state index contributed by atoms with van der Waals surface area (Å²) in [5, 5.41) is 17.7. The molecule has 2 aromatic rings. The fourth-order valence-electron chi connectivity index (χ4n) is 7.13. The highest BCUT2D eigenvalue weighted by molar-refractivity contribution is 5.98. The van der Waals surface area contributed by atoms with Gasteiger partial charge in [-0.3, -0.25) is 47.9 Å². The summed E-state index contributed by atoms with van der Waals surface area (Å²) >= 11 is 0.